The number of methoxy groups -OCH3 is 1. The first-order chi connectivity index (χ1) is 30.7. The van der Waals surface area contributed by atoms with Gasteiger partial charge in [0, 0.05) is 63.3 Å². The molecule has 3 fully saturated rings. The topological polar surface area (TPSA) is 215 Å². The van der Waals surface area contributed by atoms with Crippen LogP contribution < -0.4 is 5.32 Å². The average Bonchev–Trinajstić information content (AvgIpc) is 3.25. The van der Waals surface area contributed by atoms with Crippen LogP contribution in [0.5, 0.6) is 0 Å². The highest BCUT2D eigenvalue weighted by molar-refractivity contribution is 5.73. The van der Waals surface area contributed by atoms with Gasteiger partial charge >= 0.3 is 5.97 Å². The Morgan fingerprint density at radius 2 is 1.61 bits per heavy atom. The van der Waals surface area contributed by atoms with Crippen LogP contribution in [0.2, 0.25) is 0 Å². The second kappa shape index (κ2) is 23.0. The van der Waals surface area contributed by atoms with E-state index >= 15 is 0 Å². The lowest BCUT2D eigenvalue weighted by Crippen LogP contribution is -2.70. The number of hydrogen-bond acceptors (Lipinski definition) is 16. The highest BCUT2D eigenvalue weighted by Crippen LogP contribution is 2.45. The van der Waals surface area contributed by atoms with E-state index in [1.807, 2.05) is 39.8 Å². The Morgan fingerprint density at radius 3 is 2.17 bits per heavy atom. The summed E-state index contributed by atoms with van der Waals surface area (Å²) >= 11 is 0. The number of aliphatic hydroxyl groups excluding tert-OH is 2. The Morgan fingerprint density at radius 1 is 0.970 bits per heavy atom. The quantitative estimate of drug-likeness (QED) is 0.0941. The zero-order chi connectivity index (χ0) is 49.7. The molecule has 0 aliphatic carbocycles. The summed E-state index contributed by atoms with van der Waals surface area (Å²) in [5.41, 5.74) is -4.49. The third kappa shape index (κ3) is 12.7. The maximum atomic E-state index is 14.6. The molecule has 0 amide bonds. The van der Waals surface area contributed by atoms with E-state index in [1.165, 1.54) is 26.2 Å². The van der Waals surface area contributed by atoms with Gasteiger partial charge < -0.3 is 64.0 Å². The number of aliphatic hydroxyl groups is 4. The van der Waals surface area contributed by atoms with Crippen molar-refractivity contribution in [3.8, 4) is 0 Å². The average molecular weight is 939 g/mol. The van der Waals surface area contributed by atoms with Crippen molar-refractivity contribution in [1.82, 2.24) is 15.1 Å². The Balaban J connectivity index is 1.78. The van der Waals surface area contributed by atoms with Crippen LogP contribution in [0, 0.1) is 33.3 Å². The number of nitro benzene ring substituents is 1. The zero-order valence-electron chi connectivity index (χ0n) is 42.6. The van der Waals surface area contributed by atoms with Gasteiger partial charge in [-0.3, -0.25) is 14.9 Å². The highest BCUT2D eigenvalue weighted by atomic mass is 16.7. The molecular formula is C49H86N4O13. The number of benzene rings is 1. The highest BCUT2D eigenvalue weighted by Gasteiger charge is 2.58. The lowest BCUT2D eigenvalue weighted by molar-refractivity contribution is -0.384. The number of nitro groups is 1. The van der Waals surface area contributed by atoms with E-state index in [0.29, 0.717) is 25.9 Å². The standard InChI is InChI=1S/C49H86N4O13/c1-16-22-52-27-29(3)42(55)48(12,57)38(17-2)64-44(56)33(7)41(32(6)43(46(9,10)24-30(52)4)66-45-40(54)37(51(13)14)23-31(5)62-45)65-39-25-47(11,61-15)49(58,34(8)63-39)28-50-26-35-18-20-36(21-19-35)53(59)60/h18-21,29-34,37-43,45,50,54-55,57-58H,16-17,22-28H2,1-15H3/t29-,30+,31+,32-,33+,34-,37-,38+,39+,40+,41+,42+,43+,45-,47-,48+,49+/m0/s1. The Bertz CT molecular complexity index is 1700. The van der Waals surface area contributed by atoms with Crippen LogP contribution >= 0.6 is 0 Å². The van der Waals surface area contributed by atoms with Crippen LogP contribution in [0.4, 0.5) is 5.69 Å². The number of hydrogen-bond donors (Lipinski definition) is 5. The van der Waals surface area contributed by atoms with E-state index in [2.05, 4.69) is 37.9 Å². The Kier molecular flexibility index (Phi) is 19.6. The smallest absolute Gasteiger partial charge is 0.311 e. The van der Waals surface area contributed by atoms with Crippen molar-refractivity contribution >= 4 is 11.7 Å². The minimum absolute atomic E-state index is 0.0166. The molecule has 0 bridgehead atoms. The number of carbonyl (C=O) groups is 1. The van der Waals surface area contributed by atoms with E-state index in [4.69, 9.17) is 28.4 Å². The van der Waals surface area contributed by atoms with Crippen LogP contribution in [0.3, 0.4) is 0 Å². The largest absolute Gasteiger partial charge is 0.459 e. The van der Waals surface area contributed by atoms with Gasteiger partial charge in [-0.15, -0.1) is 0 Å². The SMILES string of the molecule is CCCN1C[C@H](C)[C@@H](O)[C@](C)(O)[C@@H](CC)OC(=O)[C@H](C)[C@H](O[C@@H]2C[C@](C)(OC)[C@@](O)(CNCc3ccc([N+](=O)[O-])cc3)[C@H](C)O2)[C@H](C)[C@@H](O[C@@H]2O[C@H](C)C[C@H](N(C)C)[C@H]2O)C(C)(C)C[C@H]1C. The van der Waals surface area contributed by atoms with Crippen molar-refractivity contribution in [1.29, 1.82) is 0 Å². The molecule has 3 aliphatic heterocycles. The molecule has 17 nitrogen and oxygen atoms in total. The van der Waals surface area contributed by atoms with E-state index in [1.54, 1.807) is 39.8 Å². The van der Waals surface area contributed by atoms with Crippen LogP contribution in [0.15, 0.2) is 24.3 Å². The lowest BCUT2D eigenvalue weighted by atomic mass is 9.72. The third-order valence-corrected chi connectivity index (χ3v) is 15.2. The van der Waals surface area contributed by atoms with Crippen molar-refractivity contribution in [2.45, 2.75) is 206 Å². The van der Waals surface area contributed by atoms with Crippen molar-refractivity contribution in [3.63, 3.8) is 0 Å². The number of esters is 1. The van der Waals surface area contributed by atoms with Gasteiger partial charge in [0.25, 0.3) is 5.69 Å². The molecular weight excluding hydrogens is 853 g/mol. The minimum Gasteiger partial charge on any atom is -0.459 e. The first kappa shape index (κ1) is 56.2. The Labute approximate surface area is 394 Å². The van der Waals surface area contributed by atoms with Crippen molar-refractivity contribution < 1.29 is 58.6 Å². The minimum atomic E-state index is -1.79. The Hall–Kier alpha value is -2.39. The molecule has 0 aromatic heterocycles. The number of nitrogens with zero attached hydrogens (tertiary/aromatic N) is 3. The second-order valence-electron chi connectivity index (χ2n) is 21.2. The van der Waals surface area contributed by atoms with Crippen LogP contribution in [-0.2, 0) is 39.8 Å². The number of cyclic esters (lactones) is 1. The van der Waals surface area contributed by atoms with Gasteiger partial charge in [0.15, 0.2) is 12.6 Å². The van der Waals surface area contributed by atoms with Crippen LogP contribution in [0.25, 0.3) is 0 Å². The first-order valence-electron chi connectivity index (χ1n) is 24.2. The lowest BCUT2D eigenvalue weighted by Gasteiger charge is -2.54. The zero-order valence-corrected chi connectivity index (χ0v) is 42.6. The van der Waals surface area contributed by atoms with Crippen LogP contribution in [0.1, 0.15) is 121 Å². The number of rotatable bonds is 14. The maximum absolute atomic E-state index is 14.6. The number of likely N-dealkylation sites (N-methyl/N-ethyl adjacent to an activating group) is 1. The molecule has 0 saturated carbocycles. The number of ether oxygens (including phenoxy) is 6. The van der Waals surface area contributed by atoms with Crippen molar-refractivity contribution in [2.24, 2.45) is 23.2 Å². The molecule has 1 aromatic carbocycles. The molecule has 66 heavy (non-hydrogen) atoms. The fraction of sp³-hybridized carbons (Fsp3) is 0.857. The van der Waals surface area contributed by atoms with Gasteiger partial charge in [0.2, 0.25) is 0 Å². The van der Waals surface area contributed by atoms with E-state index in [0.717, 1.165) is 18.5 Å². The molecule has 17 heteroatoms. The van der Waals surface area contributed by atoms with Crippen LogP contribution in [-0.4, -0.2) is 166 Å². The van der Waals surface area contributed by atoms with E-state index < -0.39 is 94.2 Å². The number of carbonyl (C=O) groups excluding carboxylic acids is 1. The molecule has 0 spiro atoms. The van der Waals surface area contributed by atoms with Crippen molar-refractivity contribution in [2.75, 3.05) is 40.8 Å². The fourth-order valence-corrected chi connectivity index (χ4v) is 11.0. The summed E-state index contributed by atoms with van der Waals surface area (Å²) in [4.78, 5) is 29.7. The first-order valence-corrected chi connectivity index (χ1v) is 24.2. The monoisotopic (exact) mass is 939 g/mol. The summed E-state index contributed by atoms with van der Waals surface area (Å²) in [6.45, 7) is 24.5. The predicted molar refractivity (Wildman–Crippen MR) is 250 cm³/mol. The summed E-state index contributed by atoms with van der Waals surface area (Å²) in [5.74, 6) is -2.61. The summed E-state index contributed by atoms with van der Waals surface area (Å²) < 4.78 is 39.4. The van der Waals surface area contributed by atoms with Crippen molar-refractivity contribution in [3.05, 3.63) is 39.9 Å². The number of nitrogens with one attached hydrogen (secondary N) is 1. The molecule has 0 unspecified atom stereocenters. The summed E-state index contributed by atoms with van der Waals surface area (Å²) in [6, 6.07) is 5.92. The van der Waals surface area contributed by atoms with Gasteiger partial charge in [-0.05, 0) is 105 Å². The predicted octanol–water partition coefficient (Wildman–Crippen LogP) is 5.02. The van der Waals surface area contributed by atoms with Gasteiger partial charge in [-0.25, -0.2) is 0 Å². The third-order valence-electron chi connectivity index (χ3n) is 15.2. The fourth-order valence-electron chi connectivity index (χ4n) is 11.0. The molecule has 3 heterocycles. The molecule has 4 rings (SSSR count). The maximum Gasteiger partial charge on any atom is 0.311 e. The van der Waals surface area contributed by atoms with Gasteiger partial charge in [0.1, 0.15) is 29.0 Å². The van der Waals surface area contributed by atoms with Gasteiger partial charge in [-0.2, -0.15) is 0 Å². The van der Waals surface area contributed by atoms with Gasteiger partial charge in [-0.1, -0.05) is 53.7 Å². The van der Waals surface area contributed by atoms with E-state index in [-0.39, 0.29) is 49.2 Å². The molecule has 5 N–H and O–H groups in total. The molecule has 1 aromatic rings. The molecule has 3 saturated heterocycles. The summed E-state index contributed by atoms with van der Waals surface area (Å²) in [5, 5.41) is 62.5. The summed E-state index contributed by atoms with van der Waals surface area (Å²) in [7, 11) is 5.37. The van der Waals surface area contributed by atoms with Gasteiger partial charge in [0.05, 0.1) is 41.4 Å². The normalized spacial score (nSPS) is 41.2. The number of non-ortho nitro benzene ring substituents is 1. The summed E-state index contributed by atoms with van der Waals surface area (Å²) in [6.07, 6.45) is -5.65. The second-order valence-corrected chi connectivity index (χ2v) is 21.2. The molecule has 380 valence electrons. The molecule has 17 atom stereocenters. The molecule has 3 aliphatic rings. The van der Waals surface area contributed by atoms with E-state index in [9.17, 15) is 35.3 Å². The molecule has 0 radical (unpaired) electrons.